The summed E-state index contributed by atoms with van der Waals surface area (Å²) in [5, 5.41) is 0. The third-order valence-electron chi connectivity index (χ3n) is 5.74. The van der Waals surface area contributed by atoms with Crippen molar-refractivity contribution < 1.29 is 17.9 Å². The molecule has 2 aliphatic rings. The lowest BCUT2D eigenvalue weighted by atomic mass is 9.90. The van der Waals surface area contributed by atoms with Gasteiger partial charge in [-0.05, 0) is 30.5 Å². The number of nitrogens with zero attached hydrogens (tertiary/aromatic N) is 2. The van der Waals surface area contributed by atoms with Gasteiger partial charge in [-0.25, -0.2) is 8.42 Å². The molecule has 2 aromatic rings. The fourth-order valence-electron chi connectivity index (χ4n) is 4.18. The highest BCUT2D eigenvalue weighted by Crippen LogP contribution is 2.38. The molecule has 29 heavy (non-hydrogen) atoms. The van der Waals surface area contributed by atoms with Gasteiger partial charge in [0.15, 0.2) is 0 Å². The van der Waals surface area contributed by atoms with Gasteiger partial charge in [0.2, 0.25) is 15.9 Å². The van der Waals surface area contributed by atoms with Crippen molar-refractivity contribution >= 4 is 15.9 Å². The molecule has 2 fully saturated rings. The van der Waals surface area contributed by atoms with Crippen LogP contribution in [0.1, 0.15) is 24.4 Å². The lowest BCUT2D eigenvalue weighted by molar-refractivity contribution is -0.141. The van der Waals surface area contributed by atoms with E-state index in [1.807, 2.05) is 35.2 Å². The molecule has 1 amide bonds. The lowest BCUT2D eigenvalue weighted by Crippen LogP contribution is -2.50. The van der Waals surface area contributed by atoms with Crippen LogP contribution >= 0.6 is 0 Å². The zero-order valence-corrected chi connectivity index (χ0v) is 17.1. The Hall–Kier alpha value is -2.22. The molecule has 0 N–H and O–H groups in total. The molecule has 0 aliphatic carbocycles. The second kappa shape index (κ2) is 8.65. The van der Waals surface area contributed by atoms with Crippen molar-refractivity contribution in [3.8, 4) is 0 Å². The van der Waals surface area contributed by atoms with E-state index < -0.39 is 10.0 Å². The van der Waals surface area contributed by atoms with Crippen LogP contribution in [0.3, 0.4) is 0 Å². The van der Waals surface area contributed by atoms with E-state index >= 15 is 0 Å². The van der Waals surface area contributed by atoms with Crippen LogP contribution < -0.4 is 0 Å². The zero-order chi connectivity index (χ0) is 20.3. The van der Waals surface area contributed by atoms with Crippen molar-refractivity contribution in [1.82, 2.24) is 9.21 Å². The molecule has 154 valence electrons. The van der Waals surface area contributed by atoms with E-state index in [0.29, 0.717) is 39.1 Å². The second-order valence-corrected chi connectivity index (χ2v) is 9.42. The number of benzene rings is 2. The van der Waals surface area contributed by atoms with Gasteiger partial charge in [0.05, 0.1) is 30.1 Å². The van der Waals surface area contributed by atoms with Gasteiger partial charge in [-0.2, -0.15) is 4.31 Å². The zero-order valence-electron chi connectivity index (χ0n) is 16.3. The fourth-order valence-corrected chi connectivity index (χ4v) is 5.89. The molecule has 0 bridgehead atoms. The maximum atomic E-state index is 13.5. The number of carbonyl (C=O) groups excluding carboxylic acids is 1. The monoisotopic (exact) mass is 414 g/mol. The molecule has 4 rings (SSSR count). The second-order valence-electron chi connectivity index (χ2n) is 7.53. The van der Waals surface area contributed by atoms with Gasteiger partial charge in [0.25, 0.3) is 0 Å². The Balaban J connectivity index is 1.64. The normalized spacial score (nSPS) is 23.7. The number of morpholine rings is 1. The van der Waals surface area contributed by atoms with E-state index in [-0.39, 0.29) is 29.3 Å². The Morgan fingerprint density at radius 2 is 1.52 bits per heavy atom. The summed E-state index contributed by atoms with van der Waals surface area (Å²) in [7, 11) is -3.72. The Kier molecular flexibility index (Phi) is 5.99. The van der Waals surface area contributed by atoms with Crippen LogP contribution in [0.5, 0.6) is 0 Å². The first kappa shape index (κ1) is 20.1. The maximum Gasteiger partial charge on any atom is 0.243 e. The Morgan fingerprint density at radius 3 is 2.17 bits per heavy atom. The van der Waals surface area contributed by atoms with Gasteiger partial charge in [-0.1, -0.05) is 48.5 Å². The molecule has 0 aromatic heterocycles. The van der Waals surface area contributed by atoms with Gasteiger partial charge in [-0.3, -0.25) is 4.79 Å². The number of amides is 1. The SMILES string of the molecule is O=C([C@@H]1CC[C@H](c2ccccc2)N(S(=O)(=O)c2ccccc2)C1)N1CCOCC1. The number of sulfonamides is 1. The van der Waals surface area contributed by atoms with Crippen LogP contribution in [-0.4, -0.2) is 56.4 Å². The molecule has 7 heteroatoms. The summed E-state index contributed by atoms with van der Waals surface area (Å²) in [4.78, 5) is 15.1. The van der Waals surface area contributed by atoms with Crippen molar-refractivity contribution in [2.24, 2.45) is 5.92 Å². The Morgan fingerprint density at radius 1 is 0.897 bits per heavy atom. The smallest absolute Gasteiger partial charge is 0.243 e. The summed E-state index contributed by atoms with van der Waals surface area (Å²) in [6.45, 7) is 2.42. The van der Waals surface area contributed by atoms with Gasteiger partial charge < -0.3 is 9.64 Å². The summed E-state index contributed by atoms with van der Waals surface area (Å²) in [5.41, 5.74) is 0.962. The number of ether oxygens (including phenoxy) is 1. The highest BCUT2D eigenvalue weighted by Gasteiger charge is 2.41. The summed E-state index contributed by atoms with van der Waals surface area (Å²) >= 11 is 0. The number of rotatable bonds is 4. The van der Waals surface area contributed by atoms with Gasteiger partial charge in [0.1, 0.15) is 0 Å². The fraction of sp³-hybridized carbons (Fsp3) is 0.409. The maximum absolute atomic E-state index is 13.5. The van der Waals surface area contributed by atoms with E-state index in [1.165, 1.54) is 4.31 Å². The van der Waals surface area contributed by atoms with Gasteiger partial charge >= 0.3 is 0 Å². The minimum Gasteiger partial charge on any atom is -0.378 e. The molecular weight excluding hydrogens is 388 g/mol. The van der Waals surface area contributed by atoms with Crippen molar-refractivity contribution in [1.29, 1.82) is 0 Å². The standard InChI is InChI=1S/C22H26N2O4S/c25-22(23-13-15-28-16-14-23)19-11-12-21(18-7-3-1-4-8-18)24(17-19)29(26,27)20-9-5-2-6-10-20/h1-10,19,21H,11-17H2/t19-,21-/m1/s1. The van der Waals surface area contributed by atoms with Crippen molar-refractivity contribution in [2.75, 3.05) is 32.8 Å². The van der Waals surface area contributed by atoms with Crippen LogP contribution in [0.2, 0.25) is 0 Å². The van der Waals surface area contributed by atoms with Crippen LogP contribution in [0.15, 0.2) is 65.6 Å². The van der Waals surface area contributed by atoms with Crippen molar-refractivity contribution in [3.05, 3.63) is 66.2 Å². The molecule has 0 unspecified atom stereocenters. The van der Waals surface area contributed by atoms with Crippen LogP contribution in [0.4, 0.5) is 0 Å². The van der Waals surface area contributed by atoms with Crippen LogP contribution in [-0.2, 0) is 19.6 Å². The predicted octanol–water partition coefficient (Wildman–Crippen LogP) is 2.69. The average Bonchev–Trinajstić information content (AvgIpc) is 2.80. The summed E-state index contributed by atoms with van der Waals surface area (Å²) in [6, 6.07) is 17.9. The first-order chi connectivity index (χ1) is 14.1. The van der Waals surface area contributed by atoms with E-state index in [2.05, 4.69) is 0 Å². The number of hydrogen-bond acceptors (Lipinski definition) is 4. The van der Waals surface area contributed by atoms with Crippen LogP contribution in [0, 0.1) is 5.92 Å². The van der Waals surface area contributed by atoms with Crippen molar-refractivity contribution in [2.45, 2.75) is 23.8 Å². The number of piperidine rings is 1. The van der Waals surface area contributed by atoms with E-state index in [0.717, 1.165) is 5.56 Å². The minimum absolute atomic E-state index is 0.0353. The summed E-state index contributed by atoms with van der Waals surface area (Å²) in [5.74, 6) is -0.292. The van der Waals surface area contributed by atoms with E-state index in [1.54, 1.807) is 30.3 Å². The molecule has 0 radical (unpaired) electrons. The first-order valence-electron chi connectivity index (χ1n) is 10.1. The van der Waals surface area contributed by atoms with Crippen LogP contribution in [0.25, 0.3) is 0 Å². The topological polar surface area (TPSA) is 66.9 Å². The van der Waals surface area contributed by atoms with E-state index in [9.17, 15) is 13.2 Å². The molecule has 2 heterocycles. The highest BCUT2D eigenvalue weighted by molar-refractivity contribution is 7.89. The first-order valence-corrected chi connectivity index (χ1v) is 11.5. The summed E-state index contributed by atoms with van der Waals surface area (Å²) in [6.07, 6.45) is 1.30. The molecule has 2 aromatic carbocycles. The molecule has 2 atom stereocenters. The average molecular weight is 415 g/mol. The van der Waals surface area contributed by atoms with E-state index in [4.69, 9.17) is 4.74 Å². The molecule has 0 spiro atoms. The lowest BCUT2D eigenvalue weighted by Gasteiger charge is -2.40. The molecule has 2 aliphatic heterocycles. The minimum atomic E-state index is -3.72. The summed E-state index contributed by atoms with van der Waals surface area (Å²) < 4.78 is 33.9. The predicted molar refractivity (Wildman–Crippen MR) is 110 cm³/mol. The number of carbonyl (C=O) groups is 1. The number of hydrogen-bond donors (Lipinski definition) is 0. The molecule has 0 saturated carbocycles. The quantitative estimate of drug-likeness (QED) is 0.772. The highest BCUT2D eigenvalue weighted by atomic mass is 32.2. The Labute approximate surface area is 172 Å². The third-order valence-corrected chi connectivity index (χ3v) is 7.63. The van der Waals surface area contributed by atoms with Gasteiger partial charge in [-0.15, -0.1) is 0 Å². The third kappa shape index (κ3) is 4.22. The largest absolute Gasteiger partial charge is 0.378 e. The molecular formula is C22H26N2O4S. The van der Waals surface area contributed by atoms with Crippen molar-refractivity contribution in [3.63, 3.8) is 0 Å². The van der Waals surface area contributed by atoms with Gasteiger partial charge in [0, 0.05) is 19.6 Å². The molecule has 6 nitrogen and oxygen atoms in total. The molecule has 2 saturated heterocycles. The Bertz CT molecular complexity index is 928.